The molecule has 98 valence electrons. The summed E-state index contributed by atoms with van der Waals surface area (Å²) in [6.07, 6.45) is 0. The van der Waals surface area contributed by atoms with E-state index in [2.05, 4.69) is 114 Å². The lowest BCUT2D eigenvalue weighted by Crippen LogP contribution is -2.21. The average molecular weight is 370 g/mol. The first-order valence-corrected chi connectivity index (χ1v) is 7.75. The van der Waals surface area contributed by atoms with Crippen LogP contribution in [-0.2, 0) is 3.42 Å². The first-order valence-electron chi connectivity index (χ1n) is 6.67. The number of halogens is 1. The van der Waals surface area contributed by atoms with Gasteiger partial charge in [-0.1, -0.05) is 114 Å². The molecule has 0 N–H and O–H groups in total. The summed E-state index contributed by atoms with van der Waals surface area (Å²) < 4.78 is -0.151. The zero-order valence-electron chi connectivity index (χ0n) is 11.0. The van der Waals surface area contributed by atoms with Crippen molar-refractivity contribution in [3.05, 3.63) is 108 Å². The second-order valence-electron chi connectivity index (χ2n) is 4.76. The highest BCUT2D eigenvalue weighted by Gasteiger charge is 2.32. The Morgan fingerprint density at radius 3 is 0.950 bits per heavy atom. The molecule has 0 aliphatic carbocycles. The van der Waals surface area contributed by atoms with E-state index in [4.69, 9.17) is 0 Å². The van der Waals surface area contributed by atoms with Gasteiger partial charge < -0.3 is 0 Å². The minimum absolute atomic E-state index is 0.151. The molecule has 0 saturated carbocycles. The molecule has 0 aliphatic rings. The standard InChI is InChI=1S/C19H15I/c20-19(16-10-4-1-5-11-16,17-12-6-2-7-13-17)18-14-8-3-9-15-18/h1-15H. The summed E-state index contributed by atoms with van der Waals surface area (Å²) in [7, 11) is 0. The van der Waals surface area contributed by atoms with Crippen molar-refractivity contribution in [2.75, 3.05) is 0 Å². The van der Waals surface area contributed by atoms with Crippen molar-refractivity contribution in [3.8, 4) is 0 Å². The van der Waals surface area contributed by atoms with Gasteiger partial charge in [-0.25, -0.2) is 0 Å². The maximum atomic E-state index is 2.57. The Bertz CT molecular complexity index is 563. The highest BCUT2D eigenvalue weighted by Crippen LogP contribution is 2.44. The monoisotopic (exact) mass is 370 g/mol. The molecule has 0 saturated heterocycles. The minimum atomic E-state index is -0.151. The predicted molar refractivity (Wildman–Crippen MR) is 93.2 cm³/mol. The maximum Gasteiger partial charge on any atom is 0.0968 e. The fourth-order valence-electron chi connectivity index (χ4n) is 2.50. The van der Waals surface area contributed by atoms with Crippen molar-refractivity contribution in [2.45, 2.75) is 3.42 Å². The van der Waals surface area contributed by atoms with E-state index in [0.717, 1.165) is 0 Å². The van der Waals surface area contributed by atoms with E-state index in [9.17, 15) is 0 Å². The average Bonchev–Trinajstić information content (AvgIpc) is 2.56. The van der Waals surface area contributed by atoms with Crippen LogP contribution in [0.5, 0.6) is 0 Å². The van der Waals surface area contributed by atoms with Crippen molar-refractivity contribution in [1.29, 1.82) is 0 Å². The quantitative estimate of drug-likeness (QED) is 0.328. The first-order chi connectivity index (χ1) is 9.82. The molecule has 0 aromatic heterocycles. The summed E-state index contributed by atoms with van der Waals surface area (Å²) >= 11 is 2.57. The zero-order chi connectivity index (χ0) is 13.8. The third-order valence-electron chi connectivity index (χ3n) is 3.51. The lowest BCUT2D eigenvalue weighted by atomic mass is 9.85. The molecular formula is C19H15I. The lowest BCUT2D eigenvalue weighted by molar-refractivity contribution is 0.940. The van der Waals surface area contributed by atoms with Crippen LogP contribution in [0.25, 0.3) is 0 Å². The van der Waals surface area contributed by atoms with Crippen LogP contribution in [0.1, 0.15) is 16.7 Å². The Balaban J connectivity index is 2.24. The highest BCUT2D eigenvalue weighted by atomic mass is 127. The molecule has 0 radical (unpaired) electrons. The fraction of sp³-hybridized carbons (Fsp3) is 0.0526. The molecule has 1 heteroatoms. The van der Waals surface area contributed by atoms with Crippen LogP contribution in [0, 0.1) is 0 Å². The van der Waals surface area contributed by atoms with E-state index < -0.39 is 0 Å². The number of hydrogen-bond donors (Lipinski definition) is 0. The molecule has 3 aromatic rings. The number of alkyl halides is 1. The van der Waals surface area contributed by atoms with Gasteiger partial charge in [-0.2, -0.15) is 0 Å². The van der Waals surface area contributed by atoms with Gasteiger partial charge in [0, 0.05) is 0 Å². The molecule has 0 unspecified atom stereocenters. The van der Waals surface area contributed by atoms with Crippen LogP contribution in [0.2, 0.25) is 0 Å². The second kappa shape index (κ2) is 5.80. The lowest BCUT2D eigenvalue weighted by Gasteiger charge is -2.29. The summed E-state index contributed by atoms with van der Waals surface area (Å²) in [4.78, 5) is 0. The molecule has 0 bridgehead atoms. The van der Waals surface area contributed by atoms with Crippen LogP contribution >= 0.6 is 22.6 Å². The fourth-order valence-corrected chi connectivity index (χ4v) is 3.58. The van der Waals surface area contributed by atoms with Crippen LogP contribution < -0.4 is 0 Å². The summed E-state index contributed by atoms with van der Waals surface area (Å²) in [5, 5.41) is 0. The largest absolute Gasteiger partial charge is 0.0968 e. The molecule has 0 fully saturated rings. The first kappa shape index (κ1) is 13.4. The van der Waals surface area contributed by atoms with Crippen molar-refractivity contribution >= 4 is 22.6 Å². The van der Waals surface area contributed by atoms with E-state index in [1.807, 2.05) is 0 Å². The van der Waals surface area contributed by atoms with Crippen LogP contribution in [0.4, 0.5) is 0 Å². The van der Waals surface area contributed by atoms with Crippen molar-refractivity contribution < 1.29 is 0 Å². The Kier molecular flexibility index (Phi) is 3.88. The Labute approximate surface area is 133 Å². The second-order valence-corrected chi connectivity index (χ2v) is 6.37. The third kappa shape index (κ3) is 2.38. The van der Waals surface area contributed by atoms with Crippen LogP contribution in [0.3, 0.4) is 0 Å². The number of rotatable bonds is 3. The SMILES string of the molecule is IC(c1ccccc1)(c1ccccc1)c1ccccc1. The minimum Gasteiger partial charge on any atom is -0.0631 e. The van der Waals surface area contributed by atoms with E-state index in [1.54, 1.807) is 0 Å². The van der Waals surface area contributed by atoms with Gasteiger partial charge in [0.05, 0.1) is 3.42 Å². The van der Waals surface area contributed by atoms with Gasteiger partial charge in [-0.05, 0) is 16.7 Å². The van der Waals surface area contributed by atoms with Gasteiger partial charge >= 0.3 is 0 Å². The highest BCUT2D eigenvalue weighted by molar-refractivity contribution is 14.1. The van der Waals surface area contributed by atoms with E-state index in [0.29, 0.717) is 0 Å². The normalized spacial score (nSPS) is 11.2. The van der Waals surface area contributed by atoms with Gasteiger partial charge in [0.2, 0.25) is 0 Å². The maximum absolute atomic E-state index is 2.57. The van der Waals surface area contributed by atoms with Gasteiger partial charge in [-0.15, -0.1) is 0 Å². The van der Waals surface area contributed by atoms with Crippen LogP contribution in [0.15, 0.2) is 91.0 Å². The number of hydrogen-bond acceptors (Lipinski definition) is 0. The van der Waals surface area contributed by atoms with E-state index in [1.165, 1.54) is 16.7 Å². The van der Waals surface area contributed by atoms with E-state index >= 15 is 0 Å². The van der Waals surface area contributed by atoms with Gasteiger partial charge in [0.15, 0.2) is 0 Å². The molecule has 3 aromatic carbocycles. The number of benzene rings is 3. The molecule has 20 heavy (non-hydrogen) atoms. The molecule has 0 spiro atoms. The Morgan fingerprint density at radius 1 is 0.450 bits per heavy atom. The third-order valence-corrected chi connectivity index (χ3v) is 5.38. The molecule has 0 nitrogen and oxygen atoms in total. The molecule has 0 heterocycles. The van der Waals surface area contributed by atoms with Gasteiger partial charge in [-0.3, -0.25) is 0 Å². The summed E-state index contributed by atoms with van der Waals surface area (Å²) in [5.41, 5.74) is 3.91. The van der Waals surface area contributed by atoms with E-state index in [-0.39, 0.29) is 3.42 Å². The Hall–Kier alpha value is -1.61. The Morgan fingerprint density at radius 2 is 0.700 bits per heavy atom. The molecule has 0 aliphatic heterocycles. The molecular weight excluding hydrogens is 355 g/mol. The predicted octanol–water partition coefficient (Wildman–Crippen LogP) is 5.41. The topological polar surface area (TPSA) is 0 Å². The summed E-state index contributed by atoms with van der Waals surface area (Å²) in [6.45, 7) is 0. The van der Waals surface area contributed by atoms with Gasteiger partial charge in [0.1, 0.15) is 0 Å². The van der Waals surface area contributed by atoms with Gasteiger partial charge in [0.25, 0.3) is 0 Å². The zero-order valence-corrected chi connectivity index (χ0v) is 13.2. The summed E-state index contributed by atoms with van der Waals surface area (Å²) in [6, 6.07) is 32.0. The summed E-state index contributed by atoms with van der Waals surface area (Å²) in [5.74, 6) is 0. The molecule has 0 amide bonds. The molecule has 3 rings (SSSR count). The van der Waals surface area contributed by atoms with Crippen LogP contribution in [-0.4, -0.2) is 0 Å². The van der Waals surface area contributed by atoms with Crippen molar-refractivity contribution in [2.24, 2.45) is 0 Å². The molecule has 0 atom stereocenters. The van der Waals surface area contributed by atoms with Crippen molar-refractivity contribution in [3.63, 3.8) is 0 Å². The smallest absolute Gasteiger partial charge is 0.0631 e. The van der Waals surface area contributed by atoms with Crippen molar-refractivity contribution in [1.82, 2.24) is 0 Å².